The Morgan fingerprint density at radius 3 is 2.81 bits per heavy atom. The molecule has 1 spiro atoms. The molecule has 4 rings (SSSR count). The SMILES string of the molecule is CSc1ncc(C(=O)N2CCO[C@@]3(CCCC[C@H]3N3CCCC3)C2)c(C)n1. The second-order valence-electron chi connectivity index (χ2n) is 8.00. The minimum Gasteiger partial charge on any atom is -0.370 e. The standard InChI is InChI=1S/C20H30N4O2S/c1-15-16(13-21-19(22-15)27-2)18(25)24-11-12-26-20(14-24)8-4-3-7-17(20)23-9-5-6-10-23/h13,17H,3-12,14H2,1-2H3/t17-,20+/m1/s1. The highest BCUT2D eigenvalue weighted by Gasteiger charge is 2.48. The van der Waals surface area contributed by atoms with Gasteiger partial charge in [0.15, 0.2) is 5.16 Å². The van der Waals surface area contributed by atoms with E-state index in [1.54, 1.807) is 6.20 Å². The van der Waals surface area contributed by atoms with E-state index in [0.29, 0.717) is 36.5 Å². The van der Waals surface area contributed by atoms with Crippen molar-refractivity contribution < 1.29 is 9.53 Å². The fourth-order valence-corrected chi connectivity index (χ4v) is 5.40. The van der Waals surface area contributed by atoms with Gasteiger partial charge in [-0.2, -0.15) is 0 Å². The minimum atomic E-state index is -0.204. The van der Waals surface area contributed by atoms with E-state index in [2.05, 4.69) is 14.9 Å². The summed E-state index contributed by atoms with van der Waals surface area (Å²) in [6.45, 7) is 6.21. The maximum Gasteiger partial charge on any atom is 0.257 e. The molecule has 0 N–H and O–H groups in total. The summed E-state index contributed by atoms with van der Waals surface area (Å²) in [5.74, 6) is 0.0496. The summed E-state index contributed by atoms with van der Waals surface area (Å²) in [6, 6.07) is 0.445. The average Bonchev–Trinajstić information content (AvgIpc) is 3.22. The van der Waals surface area contributed by atoms with E-state index in [1.807, 2.05) is 18.1 Å². The number of carbonyl (C=O) groups excluding carboxylic acids is 1. The van der Waals surface area contributed by atoms with E-state index < -0.39 is 0 Å². The fraction of sp³-hybridized carbons (Fsp3) is 0.750. The van der Waals surface area contributed by atoms with E-state index in [-0.39, 0.29) is 11.5 Å². The number of rotatable bonds is 3. The van der Waals surface area contributed by atoms with Gasteiger partial charge in [-0.3, -0.25) is 9.69 Å². The number of likely N-dealkylation sites (tertiary alicyclic amines) is 1. The van der Waals surface area contributed by atoms with Crippen molar-refractivity contribution in [3.8, 4) is 0 Å². The highest BCUT2D eigenvalue weighted by Crippen LogP contribution is 2.39. The van der Waals surface area contributed by atoms with Gasteiger partial charge in [0.2, 0.25) is 0 Å². The Balaban J connectivity index is 1.55. The van der Waals surface area contributed by atoms with Crippen molar-refractivity contribution in [3.05, 3.63) is 17.5 Å². The Morgan fingerprint density at radius 1 is 1.26 bits per heavy atom. The summed E-state index contributed by atoms with van der Waals surface area (Å²) in [7, 11) is 0. The molecule has 3 aliphatic rings. The molecule has 2 aliphatic heterocycles. The number of ether oxygens (including phenoxy) is 1. The van der Waals surface area contributed by atoms with Gasteiger partial charge in [0.25, 0.3) is 5.91 Å². The largest absolute Gasteiger partial charge is 0.370 e. The summed E-state index contributed by atoms with van der Waals surface area (Å²) in [6.07, 6.45) is 10.9. The van der Waals surface area contributed by atoms with Crippen molar-refractivity contribution in [2.75, 3.05) is 39.0 Å². The molecule has 0 radical (unpaired) electrons. The van der Waals surface area contributed by atoms with Gasteiger partial charge < -0.3 is 9.64 Å². The first-order valence-electron chi connectivity index (χ1n) is 10.2. The van der Waals surface area contributed by atoms with Crippen molar-refractivity contribution in [2.24, 2.45) is 0 Å². The van der Waals surface area contributed by atoms with Crippen LogP contribution in [0.3, 0.4) is 0 Å². The van der Waals surface area contributed by atoms with Gasteiger partial charge in [-0.25, -0.2) is 9.97 Å². The number of carbonyl (C=O) groups is 1. The van der Waals surface area contributed by atoms with Gasteiger partial charge in [0.1, 0.15) is 5.60 Å². The van der Waals surface area contributed by atoms with Crippen LogP contribution < -0.4 is 0 Å². The predicted octanol–water partition coefficient (Wildman–Crippen LogP) is 2.76. The monoisotopic (exact) mass is 390 g/mol. The van der Waals surface area contributed by atoms with Crippen LogP contribution in [0.5, 0.6) is 0 Å². The first-order valence-corrected chi connectivity index (χ1v) is 11.4. The van der Waals surface area contributed by atoms with Crippen molar-refractivity contribution in [2.45, 2.75) is 62.2 Å². The molecule has 148 valence electrons. The van der Waals surface area contributed by atoms with E-state index in [1.165, 1.54) is 57.0 Å². The summed E-state index contributed by atoms with van der Waals surface area (Å²) in [5, 5.41) is 0.712. The number of amides is 1. The lowest BCUT2D eigenvalue weighted by Crippen LogP contribution is -2.64. The van der Waals surface area contributed by atoms with Crippen molar-refractivity contribution in [1.82, 2.24) is 19.8 Å². The lowest BCUT2D eigenvalue weighted by molar-refractivity contribution is -0.156. The van der Waals surface area contributed by atoms with Crippen LogP contribution in [-0.2, 0) is 4.74 Å². The molecule has 1 saturated carbocycles. The molecule has 27 heavy (non-hydrogen) atoms. The number of aryl methyl sites for hydroxylation is 1. The molecule has 1 aliphatic carbocycles. The molecule has 7 heteroatoms. The smallest absolute Gasteiger partial charge is 0.257 e. The molecular weight excluding hydrogens is 360 g/mol. The highest BCUT2D eigenvalue weighted by atomic mass is 32.2. The Hall–Kier alpha value is -1.18. The van der Waals surface area contributed by atoms with Crippen LogP contribution in [0.1, 0.15) is 54.6 Å². The third kappa shape index (κ3) is 3.74. The Morgan fingerprint density at radius 2 is 2.07 bits per heavy atom. The Labute approximate surface area is 166 Å². The van der Waals surface area contributed by atoms with E-state index in [0.717, 1.165) is 12.1 Å². The summed E-state index contributed by atoms with van der Waals surface area (Å²) < 4.78 is 6.44. The molecule has 3 fully saturated rings. The first-order chi connectivity index (χ1) is 13.1. The zero-order valence-corrected chi connectivity index (χ0v) is 17.3. The van der Waals surface area contributed by atoms with Crippen LogP contribution in [0, 0.1) is 6.92 Å². The van der Waals surface area contributed by atoms with E-state index in [4.69, 9.17) is 4.74 Å². The molecular formula is C20H30N4O2S. The number of aromatic nitrogens is 2. The number of hydrogen-bond donors (Lipinski definition) is 0. The van der Waals surface area contributed by atoms with Crippen LogP contribution in [0.25, 0.3) is 0 Å². The summed E-state index contributed by atoms with van der Waals surface area (Å²) in [4.78, 5) is 26.6. The third-order valence-corrected chi connectivity index (χ3v) is 6.94. The molecule has 0 bridgehead atoms. The van der Waals surface area contributed by atoms with Crippen molar-refractivity contribution >= 4 is 17.7 Å². The van der Waals surface area contributed by atoms with Gasteiger partial charge in [-0.05, 0) is 52.0 Å². The predicted molar refractivity (Wildman–Crippen MR) is 106 cm³/mol. The molecule has 3 heterocycles. The van der Waals surface area contributed by atoms with Gasteiger partial charge >= 0.3 is 0 Å². The first kappa shape index (κ1) is 19.2. The van der Waals surface area contributed by atoms with Crippen LogP contribution in [0.4, 0.5) is 0 Å². The number of nitrogens with zero attached hydrogens (tertiary/aromatic N) is 4. The van der Waals surface area contributed by atoms with Gasteiger partial charge in [0.05, 0.1) is 24.4 Å². The lowest BCUT2D eigenvalue weighted by atomic mass is 9.78. The number of hydrogen-bond acceptors (Lipinski definition) is 6. The molecule has 2 atom stereocenters. The normalized spacial score (nSPS) is 29.4. The van der Waals surface area contributed by atoms with Crippen LogP contribution >= 0.6 is 11.8 Å². The average molecular weight is 391 g/mol. The van der Waals surface area contributed by atoms with Gasteiger partial charge in [-0.15, -0.1) is 0 Å². The van der Waals surface area contributed by atoms with Crippen molar-refractivity contribution in [1.29, 1.82) is 0 Å². The third-order valence-electron chi connectivity index (χ3n) is 6.38. The molecule has 1 aromatic rings. The van der Waals surface area contributed by atoms with Crippen LogP contribution in [0.15, 0.2) is 11.4 Å². The number of thioether (sulfide) groups is 1. The van der Waals surface area contributed by atoms with E-state index in [9.17, 15) is 4.79 Å². The number of morpholine rings is 1. The van der Waals surface area contributed by atoms with E-state index >= 15 is 0 Å². The molecule has 1 aromatic heterocycles. The lowest BCUT2D eigenvalue weighted by Gasteiger charge is -2.52. The molecule has 2 saturated heterocycles. The highest BCUT2D eigenvalue weighted by molar-refractivity contribution is 7.98. The molecule has 6 nitrogen and oxygen atoms in total. The van der Waals surface area contributed by atoms with Crippen molar-refractivity contribution in [3.63, 3.8) is 0 Å². The molecule has 0 aromatic carbocycles. The maximum atomic E-state index is 13.2. The topological polar surface area (TPSA) is 58.6 Å². The second kappa shape index (κ2) is 8.05. The summed E-state index contributed by atoms with van der Waals surface area (Å²) >= 11 is 1.50. The second-order valence-corrected chi connectivity index (χ2v) is 8.77. The Bertz CT molecular complexity index is 691. The van der Waals surface area contributed by atoms with Crippen LogP contribution in [-0.4, -0.2) is 76.4 Å². The zero-order valence-electron chi connectivity index (χ0n) is 16.4. The minimum absolute atomic E-state index is 0.0496. The van der Waals surface area contributed by atoms with Crippen LogP contribution in [0.2, 0.25) is 0 Å². The van der Waals surface area contributed by atoms with Gasteiger partial charge in [-0.1, -0.05) is 24.6 Å². The van der Waals surface area contributed by atoms with Gasteiger partial charge in [0, 0.05) is 18.8 Å². The molecule has 0 unspecified atom stereocenters. The maximum absolute atomic E-state index is 13.2. The Kier molecular flexibility index (Phi) is 5.71. The fourth-order valence-electron chi connectivity index (χ4n) is 5.02. The zero-order chi connectivity index (χ0) is 18.9. The quantitative estimate of drug-likeness (QED) is 0.584. The molecule has 1 amide bonds. The summed E-state index contributed by atoms with van der Waals surface area (Å²) in [5.41, 5.74) is 1.18.